The maximum absolute atomic E-state index is 11.2. The van der Waals surface area contributed by atoms with Crippen molar-refractivity contribution in [3.63, 3.8) is 0 Å². The maximum Gasteiger partial charge on any atom is 0.339 e. The maximum atomic E-state index is 11.2. The molecule has 0 radical (unpaired) electrons. The first-order valence-electron chi connectivity index (χ1n) is 5.67. The van der Waals surface area contributed by atoms with Gasteiger partial charge in [0, 0.05) is 18.9 Å². The van der Waals surface area contributed by atoms with E-state index in [0.29, 0.717) is 18.8 Å². The second-order valence-electron chi connectivity index (χ2n) is 3.79. The molecule has 0 atom stereocenters. The van der Waals surface area contributed by atoms with Crippen LogP contribution in [0.5, 0.6) is 0 Å². The summed E-state index contributed by atoms with van der Waals surface area (Å²) in [5.74, 6) is -0.180. The first-order valence-corrected chi connectivity index (χ1v) is 5.67. The van der Waals surface area contributed by atoms with E-state index in [1.54, 1.807) is 18.5 Å². The number of aromatic carboxylic acids is 1. The Morgan fingerprint density at radius 3 is 2.94 bits per heavy atom. The molecule has 0 unspecified atom stereocenters. The van der Waals surface area contributed by atoms with E-state index in [4.69, 9.17) is 9.52 Å². The third-order valence-electron chi connectivity index (χ3n) is 2.68. The molecule has 2 aromatic heterocycles. The van der Waals surface area contributed by atoms with Gasteiger partial charge in [0.05, 0.1) is 18.5 Å². The van der Waals surface area contributed by atoms with Crippen molar-refractivity contribution in [2.24, 2.45) is 0 Å². The Bertz CT molecular complexity index is 523. The molecule has 2 rings (SSSR count). The lowest BCUT2D eigenvalue weighted by Crippen LogP contribution is -2.24. The van der Waals surface area contributed by atoms with E-state index in [0.717, 1.165) is 5.76 Å². The lowest BCUT2D eigenvalue weighted by atomic mass is 10.2. The van der Waals surface area contributed by atoms with Crippen LogP contribution in [-0.2, 0) is 6.54 Å². The molecule has 0 saturated carbocycles. The van der Waals surface area contributed by atoms with Crippen LogP contribution >= 0.6 is 0 Å². The number of carboxylic acids is 1. The van der Waals surface area contributed by atoms with E-state index < -0.39 is 5.97 Å². The SMILES string of the molecule is CCN(Cc1ccco1)c1ccncc1C(=O)O. The molecule has 0 amide bonds. The summed E-state index contributed by atoms with van der Waals surface area (Å²) in [6.45, 7) is 3.19. The van der Waals surface area contributed by atoms with Gasteiger partial charge in [-0.05, 0) is 25.1 Å². The lowest BCUT2D eigenvalue weighted by molar-refractivity contribution is 0.0697. The molecule has 0 aliphatic heterocycles. The Balaban J connectivity index is 2.30. The summed E-state index contributed by atoms with van der Waals surface area (Å²) in [5.41, 5.74) is 0.849. The molecule has 0 spiro atoms. The van der Waals surface area contributed by atoms with Crippen molar-refractivity contribution >= 4 is 11.7 Å². The fraction of sp³-hybridized carbons (Fsp3) is 0.231. The summed E-state index contributed by atoms with van der Waals surface area (Å²) in [4.78, 5) is 16.9. The molecule has 1 N–H and O–H groups in total. The van der Waals surface area contributed by atoms with Gasteiger partial charge in [0.1, 0.15) is 11.3 Å². The smallest absolute Gasteiger partial charge is 0.339 e. The summed E-state index contributed by atoms with van der Waals surface area (Å²) in [5, 5.41) is 9.15. The van der Waals surface area contributed by atoms with Gasteiger partial charge in [0.15, 0.2) is 0 Å². The van der Waals surface area contributed by atoms with Crippen molar-refractivity contribution < 1.29 is 14.3 Å². The molecule has 0 bridgehead atoms. The summed E-state index contributed by atoms with van der Waals surface area (Å²) >= 11 is 0. The number of nitrogens with zero attached hydrogens (tertiary/aromatic N) is 2. The number of furan rings is 1. The van der Waals surface area contributed by atoms with Crippen LogP contribution in [0.1, 0.15) is 23.0 Å². The summed E-state index contributed by atoms with van der Waals surface area (Å²) < 4.78 is 5.28. The molecule has 0 aliphatic carbocycles. The molecule has 94 valence electrons. The fourth-order valence-electron chi connectivity index (χ4n) is 1.79. The van der Waals surface area contributed by atoms with Gasteiger partial charge in [0.25, 0.3) is 0 Å². The number of carboxylic acid groups (broad SMARTS) is 1. The standard InChI is InChI=1S/C13H14N2O3/c1-2-15(9-10-4-3-7-18-10)12-5-6-14-8-11(12)13(16)17/h3-8H,2,9H2,1H3,(H,16,17). The molecular weight excluding hydrogens is 232 g/mol. The van der Waals surface area contributed by atoms with Crippen molar-refractivity contribution in [2.45, 2.75) is 13.5 Å². The van der Waals surface area contributed by atoms with E-state index in [1.165, 1.54) is 6.20 Å². The topological polar surface area (TPSA) is 66.6 Å². The van der Waals surface area contributed by atoms with Gasteiger partial charge in [-0.15, -0.1) is 0 Å². The molecule has 5 nitrogen and oxygen atoms in total. The third kappa shape index (κ3) is 2.51. The number of anilines is 1. The zero-order valence-electron chi connectivity index (χ0n) is 10.0. The van der Waals surface area contributed by atoms with Gasteiger partial charge in [0.2, 0.25) is 0 Å². The second kappa shape index (κ2) is 5.35. The van der Waals surface area contributed by atoms with Gasteiger partial charge in [-0.2, -0.15) is 0 Å². The number of hydrogen-bond donors (Lipinski definition) is 1. The van der Waals surface area contributed by atoms with Crippen LogP contribution in [-0.4, -0.2) is 22.6 Å². The van der Waals surface area contributed by atoms with Crippen LogP contribution in [0.25, 0.3) is 0 Å². The average Bonchev–Trinajstić information content (AvgIpc) is 2.88. The van der Waals surface area contributed by atoms with Crippen LogP contribution in [0.2, 0.25) is 0 Å². The largest absolute Gasteiger partial charge is 0.478 e. The highest BCUT2D eigenvalue weighted by atomic mass is 16.4. The van der Waals surface area contributed by atoms with Crippen LogP contribution < -0.4 is 4.90 Å². The molecule has 0 fully saturated rings. The van der Waals surface area contributed by atoms with Crippen LogP contribution in [0.4, 0.5) is 5.69 Å². The van der Waals surface area contributed by atoms with Crippen molar-refractivity contribution in [3.05, 3.63) is 48.2 Å². The summed E-state index contributed by atoms with van der Waals surface area (Å²) in [7, 11) is 0. The van der Waals surface area contributed by atoms with Gasteiger partial charge >= 0.3 is 5.97 Å². The number of rotatable bonds is 5. The van der Waals surface area contributed by atoms with Crippen LogP contribution in [0, 0.1) is 0 Å². The zero-order chi connectivity index (χ0) is 13.0. The van der Waals surface area contributed by atoms with Gasteiger partial charge < -0.3 is 14.4 Å². The number of carbonyl (C=O) groups is 1. The normalized spacial score (nSPS) is 10.3. The molecule has 0 saturated heterocycles. The van der Waals surface area contributed by atoms with E-state index in [-0.39, 0.29) is 5.56 Å². The number of pyridine rings is 1. The highest BCUT2D eigenvalue weighted by molar-refractivity contribution is 5.93. The fourth-order valence-corrected chi connectivity index (χ4v) is 1.79. The highest BCUT2D eigenvalue weighted by Crippen LogP contribution is 2.21. The van der Waals surface area contributed by atoms with Crippen LogP contribution in [0.15, 0.2) is 41.3 Å². The summed E-state index contributed by atoms with van der Waals surface area (Å²) in [6, 6.07) is 5.38. The van der Waals surface area contributed by atoms with E-state index in [9.17, 15) is 4.79 Å². The minimum atomic E-state index is -0.976. The predicted molar refractivity (Wildman–Crippen MR) is 66.6 cm³/mol. The minimum Gasteiger partial charge on any atom is -0.478 e. The van der Waals surface area contributed by atoms with Gasteiger partial charge in [-0.25, -0.2) is 4.79 Å². The molecular formula is C13H14N2O3. The third-order valence-corrected chi connectivity index (χ3v) is 2.68. The monoisotopic (exact) mass is 246 g/mol. The summed E-state index contributed by atoms with van der Waals surface area (Å²) in [6.07, 6.45) is 4.56. The molecule has 0 aromatic carbocycles. The van der Waals surface area contributed by atoms with Crippen molar-refractivity contribution in [1.82, 2.24) is 4.98 Å². The predicted octanol–water partition coefficient (Wildman–Crippen LogP) is 2.40. The first-order chi connectivity index (χ1) is 8.72. The molecule has 0 aliphatic rings. The Kier molecular flexibility index (Phi) is 3.62. The van der Waals surface area contributed by atoms with Crippen LogP contribution in [0.3, 0.4) is 0 Å². The molecule has 5 heteroatoms. The van der Waals surface area contributed by atoms with E-state index in [1.807, 2.05) is 24.0 Å². The lowest BCUT2D eigenvalue weighted by Gasteiger charge is -2.23. The molecule has 2 aromatic rings. The average molecular weight is 246 g/mol. The Hall–Kier alpha value is -2.30. The Labute approximate surface area is 105 Å². The molecule has 2 heterocycles. The van der Waals surface area contributed by atoms with Gasteiger partial charge in [-0.1, -0.05) is 0 Å². The minimum absolute atomic E-state index is 0.200. The van der Waals surface area contributed by atoms with E-state index >= 15 is 0 Å². The Morgan fingerprint density at radius 1 is 1.50 bits per heavy atom. The number of aromatic nitrogens is 1. The van der Waals surface area contributed by atoms with Crippen molar-refractivity contribution in [3.8, 4) is 0 Å². The zero-order valence-corrected chi connectivity index (χ0v) is 10.0. The van der Waals surface area contributed by atoms with Crippen molar-refractivity contribution in [1.29, 1.82) is 0 Å². The quantitative estimate of drug-likeness (QED) is 0.877. The second-order valence-corrected chi connectivity index (χ2v) is 3.79. The van der Waals surface area contributed by atoms with E-state index in [2.05, 4.69) is 4.98 Å². The molecule has 18 heavy (non-hydrogen) atoms. The highest BCUT2D eigenvalue weighted by Gasteiger charge is 2.15. The Morgan fingerprint density at radius 2 is 2.33 bits per heavy atom. The first kappa shape index (κ1) is 12.2. The van der Waals surface area contributed by atoms with Crippen molar-refractivity contribution in [2.75, 3.05) is 11.4 Å². The number of hydrogen-bond acceptors (Lipinski definition) is 4. The van der Waals surface area contributed by atoms with Gasteiger partial charge in [-0.3, -0.25) is 4.98 Å².